The highest BCUT2D eigenvalue weighted by atomic mass is 19.1. The quantitative estimate of drug-likeness (QED) is 0.586. The summed E-state index contributed by atoms with van der Waals surface area (Å²) in [6.45, 7) is 0.103. The third-order valence-corrected chi connectivity index (χ3v) is 4.28. The van der Waals surface area contributed by atoms with Crippen molar-refractivity contribution >= 4 is 16.8 Å². The van der Waals surface area contributed by atoms with Crippen LogP contribution in [0.4, 0.5) is 4.39 Å². The number of aromatic amines is 1. The lowest BCUT2D eigenvalue weighted by Gasteiger charge is -2.09. The molecule has 134 valence electrons. The molecule has 2 N–H and O–H groups in total. The van der Waals surface area contributed by atoms with Gasteiger partial charge < -0.3 is 14.9 Å². The minimum Gasteiger partial charge on any atom is -0.360 e. The van der Waals surface area contributed by atoms with Crippen LogP contribution in [0.15, 0.2) is 72.2 Å². The van der Waals surface area contributed by atoms with E-state index in [1.165, 1.54) is 18.6 Å². The standard InChI is InChI=1S/C20H15FN4O2/c21-16-9-13(5-6-18(16)25-8-7-22-12-25)10-24-20(27)15-11-23-17-4-2-1-3-14(17)19(15)26/h1-9,11-12H,10H2,(H,23,26)(H,24,27). The van der Waals surface area contributed by atoms with E-state index < -0.39 is 11.7 Å². The molecule has 7 heteroatoms. The Morgan fingerprint density at radius 3 is 2.85 bits per heavy atom. The number of nitrogens with one attached hydrogen (secondary N) is 2. The number of carbonyl (C=O) groups excluding carboxylic acids is 1. The highest BCUT2D eigenvalue weighted by Crippen LogP contribution is 2.15. The summed E-state index contributed by atoms with van der Waals surface area (Å²) in [5.41, 5.74) is 1.29. The highest BCUT2D eigenvalue weighted by molar-refractivity contribution is 5.97. The zero-order valence-corrected chi connectivity index (χ0v) is 14.1. The highest BCUT2D eigenvalue weighted by Gasteiger charge is 2.13. The fraction of sp³-hybridized carbons (Fsp3) is 0.0500. The van der Waals surface area contributed by atoms with Crippen LogP contribution in [-0.4, -0.2) is 20.4 Å². The Labute approximate surface area is 153 Å². The number of fused-ring (bicyclic) bond motifs is 1. The Morgan fingerprint density at radius 1 is 1.22 bits per heavy atom. The molecular weight excluding hydrogens is 347 g/mol. The first-order valence-electron chi connectivity index (χ1n) is 8.29. The number of hydrogen-bond donors (Lipinski definition) is 2. The van der Waals surface area contributed by atoms with Crippen LogP contribution in [0.2, 0.25) is 0 Å². The largest absolute Gasteiger partial charge is 0.360 e. The average molecular weight is 362 g/mol. The molecule has 4 aromatic rings. The maximum Gasteiger partial charge on any atom is 0.257 e. The van der Waals surface area contributed by atoms with E-state index in [4.69, 9.17) is 0 Å². The van der Waals surface area contributed by atoms with Gasteiger partial charge in [0.25, 0.3) is 5.91 Å². The number of pyridine rings is 1. The third-order valence-electron chi connectivity index (χ3n) is 4.28. The van der Waals surface area contributed by atoms with Gasteiger partial charge in [-0.1, -0.05) is 18.2 Å². The Kier molecular flexibility index (Phi) is 4.25. The van der Waals surface area contributed by atoms with Gasteiger partial charge in [0.1, 0.15) is 11.4 Å². The maximum absolute atomic E-state index is 14.3. The van der Waals surface area contributed by atoms with E-state index >= 15 is 0 Å². The van der Waals surface area contributed by atoms with Crippen molar-refractivity contribution in [2.75, 3.05) is 0 Å². The number of para-hydroxylation sites is 1. The van der Waals surface area contributed by atoms with Crippen molar-refractivity contribution in [3.05, 3.63) is 94.5 Å². The number of amides is 1. The summed E-state index contributed by atoms with van der Waals surface area (Å²) in [6.07, 6.45) is 6.11. The van der Waals surface area contributed by atoms with Gasteiger partial charge in [-0.2, -0.15) is 0 Å². The van der Waals surface area contributed by atoms with Crippen LogP contribution in [-0.2, 0) is 6.54 Å². The Hall–Kier alpha value is -3.74. The molecule has 2 aromatic heterocycles. The number of nitrogens with zero attached hydrogens (tertiary/aromatic N) is 2. The molecule has 0 fully saturated rings. The summed E-state index contributed by atoms with van der Waals surface area (Å²) >= 11 is 0. The van der Waals surface area contributed by atoms with Crippen LogP contribution in [0.25, 0.3) is 16.6 Å². The fourth-order valence-corrected chi connectivity index (χ4v) is 2.89. The number of halogens is 1. The molecule has 0 atom stereocenters. The molecule has 2 heterocycles. The molecule has 6 nitrogen and oxygen atoms in total. The van der Waals surface area contributed by atoms with Crippen LogP contribution in [0.3, 0.4) is 0 Å². The molecule has 0 saturated heterocycles. The van der Waals surface area contributed by atoms with Crippen molar-refractivity contribution in [1.29, 1.82) is 0 Å². The van der Waals surface area contributed by atoms with Gasteiger partial charge in [-0.25, -0.2) is 9.37 Å². The van der Waals surface area contributed by atoms with Crippen LogP contribution in [0.5, 0.6) is 0 Å². The molecule has 4 rings (SSSR count). The SMILES string of the molecule is O=C(NCc1ccc(-n2ccnc2)c(F)c1)c1c[nH]c2ccccc2c1=O. The van der Waals surface area contributed by atoms with Gasteiger partial charge in [0.2, 0.25) is 5.43 Å². The number of hydrogen-bond acceptors (Lipinski definition) is 3. The van der Waals surface area contributed by atoms with E-state index in [9.17, 15) is 14.0 Å². The Bertz CT molecular complexity index is 1180. The summed E-state index contributed by atoms with van der Waals surface area (Å²) in [5, 5.41) is 3.10. The van der Waals surface area contributed by atoms with Crippen LogP contribution >= 0.6 is 0 Å². The van der Waals surface area contributed by atoms with E-state index in [0.29, 0.717) is 22.2 Å². The minimum atomic E-state index is -0.513. The van der Waals surface area contributed by atoms with Crippen molar-refractivity contribution in [2.24, 2.45) is 0 Å². The zero-order valence-electron chi connectivity index (χ0n) is 14.1. The second-order valence-corrected chi connectivity index (χ2v) is 6.02. The molecule has 0 aliphatic heterocycles. The van der Waals surface area contributed by atoms with Crippen molar-refractivity contribution in [3.63, 3.8) is 0 Å². The molecule has 0 spiro atoms. The molecular formula is C20H15FN4O2. The summed E-state index contributed by atoms with van der Waals surface area (Å²) in [5.74, 6) is -0.940. The number of imidazole rings is 1. The molecule has 0 bridgehead atoms. The summed E-state index contributed by atoms with van der Waals surface area (Å²) in [6, 6.07) is 11.6. The van der Waals surface area contributed by atoms with Gasteiger partial charge in [0.15, 0.2) is 0 Å². The topological polar surface area (TPSA) is 79.8 Å². The van der Waals surface area contributed by atoms with E-state index in [1.54, 1.807) is 53.4 Å². The smallest absolute Gasteiger partial charge is 0.257 e. The van der Waals surface area contributed by atoms with Gasteiger partial charge in [-0.15, -0.1) is 0 Å². The average Bonchev–Trinajstić information content (AvgIpc) is 3.21. The monoisotopic (exact) mass is 362 g/mol. The van der Waals surface area contributed by atoms with E-state index in [2.05, 4.69) is 15.3 Å². The van der Waals surface area contributed by atoms with Crippen molar-refractivity contribution in [2.45, 2.75) is 6.54 Å². The van der Waals surface area contributed by atoms with Gasteiger partial charge in [-0.3, -0.25) is 9.59 Å². The first-order chi connectivity index (χ1) is 13.1. The summed E-state index contributed by atoms with van der Waals surface area (Å²) < 4.78 is 15.8. The molecule has 2 aromatic carbocycles. The molecule has 1 amide bonds. The first kappa shape index (κ1) is 16.7. The lowest BCUT2D eigenvalue weighted by Crippen LogP contribution is -2.28. The van der Waals surface area contributed by atoms with Gasteiger partial charge in [0.05, 0.1) is 12.0 Å². The van der Waals surface area contributed by atoms with E-state index in [1.807, 2.05) is 0 Å². The van der Waals surface area contributed by atoms with Gasteiger partial charge in [0, 0.05) is 36.0 Å². The summed E-state index contributed by atoms with van der Waals surface area (Å²) in [4.78, 5) is 31.7. The van der Waals surface area contributed by atoms with Crippen LogP contribution < -0.4 is 10.7 Å². The fourth-order valence-electron chi connectivity index (χ4n) is 2.89. The zero-order chi connectivity index (χ0) is 18.8. The van der Waals surface area contributed by atoms with Crippen LogP contribution in [0, 0.1) is 5.82 Å². The third kappa shape index (κ3) is 3.22. The number of H-pyrrole nitrogens is 1. The first-order valence-corrected chi connectivity index (χ1v) is 8.29. The predicted octanol–water partition coefficient (Wildman–Crippen LogP) is 2.78. The lowest BCUT2D eigenvalue weighted by atomic mass is 10.1. The van der Waals surface area contributed by atoms with E-state index in [-0.39, 0.29) is 17.5 Å². The number of rotatable bonds is 4. The second kappa shape index (κ2) is 6.87. The summed E-state index contributed by atoms with van der Waals surface area (Å²) in [7, 11) is 0. The predicted molar refractivity (Wildman–Crippen MR) is 99.3 cm³/mol. The normalized spacial score (nSPS) is 10.9. The van der Waals surface area contributed by atoms with Gasteiger partial charge in [-0.05, 0) is 29.8 Å². The minimum absolute atomic E-state index is 0.0178. The maximum atomic E-state index is 14.3. The number of aromatic nitrogens is 3. The molecule has 0 aliphatic carbocycles. The Balaban J connectivity index is 1.52. The van der Waals surface area contributed by atoms with Crippen LogP contribution in [0.1, 0.15) is 15.9 Å². The number of carbonyl (C=O) groups is 1. The van der Waals surface area contributed by atoms with E-state index in [0.717, 1.165) is 0 Å². The molecule has 27 heavy (non-hydrogen) atoms. The molecule has 0 aliphatic rings. The number of benzene rings is 2. The van der Waals surface area contributed by atoms with Gasteiger partial charge >= 0.3 is 0 Å². The van der Waals surface area contributed by atoms with Crippen molar-refractivity contribution < 1.29 is 9.18 Å². The Morgan fingerprint density at radius 2 is 2.07 bits per heavy atom. The lowest BCUT2D eigenvalue weighted by molar-refractivity contribution is 0.0949. The van der Waals surface area contributed by atoms with Crippen molar-refractivity contribution in [3.8, 4) is 5.69 Å². The molecule has 0 unspecified atom stereocenters. The van der Waals surface area contributed by atoms with Crippen molar-refractivity contribution in [1.82, 2.24) is 19.9 Å². The second-order valence-electron chi connectivity index (χ2n) is 6.02. The molecule has 0 saturated carbocycles. The molecule has 0 radical (unpaired) electrons.